The van der Waals surface area contributed by atoms with Crippen molar-refractivity contribution in [2.75, 3.05) is 0 Å². The molecule has 4 saturated carbocycles. The van der Waals surface area contributed by atoms with Crippen molar-refractivity contribution in [2.45, 2.75) is 71.0 Å². The van der Waals surface area contributed by atoms with E-state index in [4.69, 9.17) is 4.74 Å². The van der Waals surface area contributed by atoms with Crippen LogP contribution in [0.15, 0.2) is 0 Å². The number of rotatable bonds is 3. The fourth-order valence-electron chi connectivity index (χ4n) is 4.98. The van der Waals surface area contributed by atoms with Crippen LogP contribution in [0.25, 0.3) is 0 Å². The zero-order chi connectivity index (χ0) is 13.8. The van der Waals surface area contributed by atoms with E-state index in [2.05, 4.69) is 0 Å². The Labute approximate surface area is 115 Å². The molecule has 0 aromatic carbocycles. The second-order valence-electron chi connectivity index (χ2n) is 7.40. The molecule has 4 bridgehead atoms. The maximum Gasteiger partial charge on any atom is 0.315 e. The zero-order valence-corrected chi connectivity index (χ0v) is 12.3. The first-order chi connectivity index (χ1) is 8.89. The average Bonchev–Trinajstić information content (AvgIpc) is 2.35. The lowest BCUT2D eigenvalue weighted by atomic mass is 9.43. The van der Waals surface area contributed by atoms with E-state index in [9.17, 15) is 9.90 Å². The van der Waals surface area contributed by atoms with Gasteiger partial charge in [-0.1, -0.05) is 6.92 Å². The molecule has 3 nitrogen and oxygen atoms in total. The summed E-state index contributed by atoms with van der Waals surface area (Å²) in [7, 11) is 0. The molecule has 0 aromatic heterocycles. The normalized spacial score (nSPS) is 49.2. The predicted molar refractivity (Wildman–Crippen MR) is 72.5 cm³/mol. The molecule has 4 rings (SSSR count). The minimum absolute atomic E-state index is 0.0451. The van der Waals surface area contributed by atoms with Crippen LogP contribution in [0.3, 0.4) is 0 Å². The Morgan fingerprint density at radius 1 is 1.32 bits per heavy atom. The Morgan fingerprint density at radius 3 is 2.42 bits per heavy atom. The van der Waals surface area contributed by atoms with E-state index in [1.165, 1.54) is 6.42 Å². The van der Waals surface area contributed by atoms with Gasteiger partial charge in [0.05, 0.1) is 17.1 Å². The number of carbonyl (C=O) groups excluding carboxylic acids is 1. The van der Waals surface area contributed by atoms with Crippen LogP contribution < -0.4 is 0 Å². The lowest BCUT2D eigenvalue weighted by Gasteiger charge is -2.62. The molecule has 4 fully saturated rings. The minimum Gasteiger partial charge on any atom is -0.462 e. The molecule has 0 saturated heterocycles. The number of ether oxygens (including phenoxy) is 1. The van der Waals surface area contributed by atoms with Crippen molar-refractivity contribution in [2.24, 2.45) is 23.2 Å². The van der Waals surface area contributed by atoms with E-state index >= 15 is 0 Å². The molecule has 0 spiro atoms. The van der Waals surface area contributed by atoms with E-state index in [0.717, 1.165) is 32.1 Å². The number of hydrogen-bond donors (Lipinski definition) is 1. The van der Waals surface area contributed by atoms with Crippen LogP contribution in [0.2, 0.25) is 0 Å². The van der Waals surface area contributed by atoms with Crippen LogP contribution in [0.5, 0.6) is 0 Å². The molecule has 4 atom stereocenters. The van der Waals surface area contributed by atoms with Gasteiger partial charge in [-0.05, 0) is 70.1 Å². The second-order valence-corrected chi connectivity index (χ2v) is 7.40. The quantitative estimate of drug-likeness (QED) is 0.799. The van der Waals surface area contributed by atoms with Crippen LogP contribution in [-0.4, -0.2) is 22.8 Å². The van der Waals surface area contributed by atoms with Gasteiger partial charge in [-0.2, -0.15) is 0 Å². The van der Waals surface area contributed by atoms with E-state index in [1.807, 2.05) is 20.8 Å². The predicted octanol–water partition coefficient (Wildman–Crippen LogP) is 2.91. The molecule has 4 aliphatic rings. The Kier molecular flexibility index (Phi) is 2.97. The van der Waals surface area contributed by atoms with Gasteiger partial charge < -0.3 is 9.84 Å². The first-order valence-electron chi connectivity index (χ1n) is 7.82. The summed E-state index contributed by atoms with van der Waals surface area (Å²) in [5, 5.41) is 11.0. The summed E-state index contributed by atoms with van der Waals surface area (Å²) < 4.78 is 5.62. The third kappa shape index (κ3) is 1.77. The van der Waals surface area contributed by atoms with Crippen molar-refractivity contribution in [1.82, 2.24) is 0 Å². The van der Waals surface area contributed by atoms with Crippen molar-refractivity contribution in [1.29, 1.82) is 0 Å². The van der Waals surface area contributed by atoms with Crippen LogP contribution in [0.4, 0.5) is 0 Å². The first kappa shape index (κ1) is 13.4. The third-order valence-electron chi connectivity index (χ3n) is 6.21. The molecule has 108 valence electrons. The van der Waals surface area contributed by atoms with Gasteiger partial charge in [0, 0.05) is 0 Å². The van der Waals surface area contributed by atoms with E-state index in [1.54, 1.807) is 0 Å². The first-order valence-corrected chi connectivity index (χ1v) is 7.82. The van der Waals surface area contributed by atoms with E-state index in [-0.39, 0.29) is 12.1 Å². The molecule has 0 radical (unpaired) electrons. The molecular weight excluding hydrogens is 240 g/mol. The molecular formula is C16H26O3. The topological polar surface area (TPSA) is 46.5 Å². The van der Waals surface area contributed by atoms with Gasteiger partial charge in [0.1, 0.15) is 0 Å². The highest BCUT2D eigenvalue weighted by atomic mass is 16.5. The monoisotopic (exact) mass is 266 g/mol. The molecule has 3 heteroatoms. The maximum absolute atomic E-state index is 12.7. The summed E-state index contributed by atoms with van der Waals surface area (Å²) in [5.41, 5.74) is -1.49. The van der Waals surface area contributed by atoms with Crippen molar-refractivity contribution < 1.29 is 14.6 Å². The number of carbonyl (C=O) groups is 1. The molecule has 0 amide bonds. The molecule has 4 unspecified atom stereocenters. The summed E-state index contributed by atoms with van der Waals surface area (Å²) in [5.74, 6) is 1.42. The highest BCUT2D eigenvalue weighted by molar-refractivity contribution is 5.79. The van der Waals surface area contributed by atoms with Crippen molar-refractivity contribution >= 4 is 5.97 Å². The Balaban J connectivity index is 1.90. The average molecular weight is 266 g/mol. The highest BCUT2D eigenvalue weighted by Gasteiger charge is 2.67. The van der Waals surface area contributed by atoms with Crippen molar-refractivity contribution in [3.8, 4) is 0 Å². The number of esters is 1. The Hall–Kier alpha value is -0.570. The smallest absolute Gasteiger partial charge is 0.315 e. The largest absolute Gasteiger partial charge is 0.462 e. The van der Waals surface area contributed by atoms with Gasteiger partial charge in [0.15, 0.2) is 0 Å². The third-order valence-corrected chi connectivity index (χ3v) is 6.21. The molecule has 1 N–H and O–H groups in total. The summed E-state index contributed by atoms with van der Waals surface area (Å²) in [6.45, 7) is 5.84. The summed E-state index contributed by atoms with van der Waals surface area (Å²) >= 11 is 0. The summed E-state index contributed by atoms with van der Waals surface area (Å²) in [6.07, 6.45) is 5.91. The molecule has 0 heterocycles. The van der Waals surface area contributed by atoms with Crippen LogP contribution >= 0.6 is 0 Å². The summed E-state index contributed by atoms with van der Waals surface area (Å²) in [4.78, 5) is 12.7. The van der Waals surface area contributed by atoms with Gasteiger partial charge >= 0.3 is 5.97 Å². The Morgan fingerprint density at radius 2 is 1.89 bits per heavy atom. The molecule has 0 aromatic rings. The Bertz CT molecular complexity index is 373. The van der Waals surface area contributed by atoms with Gasteiger partial charge in [0.2, 0.25) is 0 Å². The fraction of sp³-hybridized carbons (Fsp3) is 0.938. The highest BCUT2D eigenvalue weighted by Crippen LogP contribution is 2.64. The molecule has 4 aliphatic carbocycles. The van der Waals surface area contributed by atoms with E-state index < -0.39 is 11.0 Å². The SMILES string of the molecule is CCC(C)OC(=O)C12CC3CC(CC(C3)C1(C)O)C2. The van der Waals surface area contributed by atoms with Crippen LogP contribution in [0.1, 0.15) is 59.3 Å². The van der Waals surface area contributed by atoms with Gasteiger partial charge in [-0.25, -0.2) is 0 Å². The minimum atomic E-state index is -0.870. The molecule has 0 aliphatic heterocycles. The fourth-order valence-corrected chi connectivity index (χ4v) is 4.98. The van der Waals surface area contributed by atoms with E-state index in [0.29, 0.717) is 17.8 Å². The maximum atomic E-state index is 12.7. The van der Waals surface area contributed by atoms with Crippen molar-refractivity contribution in [3.05, 3.63) is 0 Å². The lowest BCUT2D eigenvalue weighted by Crippen LogP contribution is -2.66. The molecule has 19 heavy (non-hydrogen) atoms. The van der Waals surface area contributed by atoms with Gasteiger partial charge in [0.25, 0.3) is 0 Å². The number of aliphatic hydroxyl groups is 1. The second kappa shape index (κ2) is 4.21. The lowest BCUT2D eigenvalue weighted by molar-refractivity contribution is -0.235. The number of hydrogen-bond acceptors (Lipinski definition) is 3. The van der Waals surface area contributed by atoms with Crippen molar-refractivity contribution in [3.63, 3.8) is 0 Å². The van der Waals surface area contributed by atoms with Crippen LogP contribution in [-0.2, 0) is 9.53 Å². The van der Waals surface area contributed by atoms with Gasteiger partial charge in [-0.3, -0.25) is 4.79 Å². The van der Waals surface area contributed by atoms with Crippen LogP contribution in [0, 0.1) is 23.2 Å². The zero-order valence-electron chi connectivity index (χ0n) is 12.3. The standard InChI is InChI=1S/C16H26O3/c1-4-10(2)19-14(17)16-8-11-5-12(9-16)7-13(6-11)15(16,3)18/h10-13,18H,4-9H2,1-3H3. The summed E-state index contributed by atoms with van der Waals surface area (Å²) in [6, 6.07) is 0. The van der Waals surface area contributed by atoms with Gasteiger partial charge in [-0.15, -0.1) is 0 Å².